The van der Waals surface area contributed by atoms with E-state index in [2.05, 4.69) is 22.0 Å². The third-order valence-electron chi connectivity index (χ3n) is 4.10. The minimum absolute atomic E-state index is 0.195. The van der Waals surface area contributed by atoms with E-state index in [1.807, 2.05) is 30.0 Å². The number of ketones is 1. The third-order valence-corrected chi connectivity index (χ3v) is 4.10. The fraction of sp³-hybridized carbons (Fsp3) is 0.500. The average molecular weight is 271 g/mol. The van der Waals surface area contributed by atoms with E-state index in [-0.39, 0.29) is 5.78 Å². The molecular formula is C16H21N3O. The Morgan fingerprint density at radius 1 is 1.30 bits per heavy atom. The molecule has 20 heavy (non-hydrogen) atoms. The molecule has 1 aliphatic carbocycles. The van der Waals surface area contributed by atoms with Gasteiger partial charge in [-0.15, -0.1) is 0 Å². The number of carbonyl (C=O) groups is 1. The number of hydrogen-bond donors (Lipinski definition) is 0. The Bertz CT molecular complexity index is 590. The second-order valence-corrected chi connectivity index (χ2v) is 5.57. The number of Topliss-reactive ketones (excluding diaryl/α,β-unsaturated/α-hetero) is 1. The van der Waals surface area contributed by atoms with Gasteiger partial charge in [0.15, 0.2) is 5.78 Å². The summed E-state index contributed by atoms with van der Waals surface area (Å²) in [6, 6.07) is 4.56. The maximum Gasteiger partial charge on any atom is 0.164 e. The lowest BCUT2D eigenvalue weighted by Crippen LogP contribution is -2.06. The maximum absolute atomic E-state index is 11.6. The molecule has 1 saturated carbocycles. The van der Waals surface area contributed by atoms with E-state index in [4.69, 9.17) is 0 Å². The molecule has 0 aliphatic heterocycles. The summed E-state index contributed by atoms with van der Waals surface area (Å²) in [6.07, 6.45) is 11.7. The molecule has 0 unspecified atom stereocenters. The molecule has 0 radical (unpaired) electrons. The highest BCUT2D eigenvalue weighted by atomic mass is 16.1. The lowest BCUT2D eigenvalue weighted by Gasteiger charge is -2.08. The van der Waals surface area contributed by atoms with E-state index in [0.717, 1.165) is 17.8 Å². The molecule has 2 aromatic rings. The van der Waals surface area contributed by atoms with Crippen molar-refractivity contribution in [2.24, 2.45) is 0 Å². The molecule has 0 bridgehead atoms. The monoisotopic (exact) mass is 271 g/mol. The van der Waals surface area contributed by atoms with Crippen molar-refractivity contribution in [1.82, 2.24) is 14.3 Å². The molecule has 2 heterocycles. The van der Waals surface area contributed by atoms with Crippen LogP contribution in [0.5, 0.6) is 0 Å². The largest absolute Gasteiger partial charge is 0.348 e. The number of aromatic nitrogens is 3. The van der Waals surface area contributed by atoms with Gasteiger partial charge < -0.3 is 4.57 Å². The number of nitrogens with zero attached hydrogens (tertiary/aromatic N) is 3. The molecule has 0 atom stereocenters. The Kier molecular flexibility index (Phi) is 3.72. The van der Waals surface area contributed by atoms with Gasteiger partial charge in [0, 0.05) is 30.6 Å². The Labute approximate surface area is 119 Å². The normalized spacial score (nSPS) is 15.8. The summed E-state index contributed by atoms with van der Waals surface area (Å²) in [6.45, 7) is 2.62. The van der Waals surface area contributed by atoms with Crippen LogP contribution >= 0.6 is 0 Å². The fourth-order valence-electron chi connectivity index (χ4n) is 2.93. The first-order valence-corrected chi connectivity index (χ1v) is 7.49. The summed E-state index contributed by atoms with van der Waals surface area (Å²) in [4.78, 5) is 11.6. The van der Waals surface area contributed by atoms with Gasteiger partial charge in [0.1, 0.15) is 0 Å². The number of rotatable bonds is 5. The molecule has 106 valence electrons. The molecule has 0 saturated heterocycles. The van der Waals surface area contributed by atoms with E-state index >= 15 is 0 Å². The van der Waals surface area contributed by atoms with Crippen molar-refractivity contribution >= 4 is 5.78 Å². The topological polar surface area (TPSA) is 39.8 Å². The Morgan fingerprint density at radius 3 is 2.85 bits per heavy atom. The first-order chi connectivity index (χ1) is 9.76. The second-order valence-electron chi connectivity index (χ2n) is 5.57. The van der Waals surface area contributed by atoms with Crippen molar-refractivity contribution in [1.29, 1.82) is 0 Å². The zero-order chi connectivity index (χ0) is 13.9. The van der Waals surface area contributed by atoms with Crippen LogP contribution in [0.4, 0.5) is 0 Å². The lowest BCUT2D eigenvalue weighted by atomic mass is 10.2. The first-order valence-electron chi connectivity index (χ1n) is 7.49. The summed E-state index contributed by atoms with van der Waals surface area (Å²) in [5.74, 6) is 0.195. The van der Waals surface area contributed by atoms with E-state index in [1.165, 1.54) is 25.7 Å². The minimum atomic E-state index is 0.195. The van der Waals surface area contributed by atoms with Crippen LogP contribution in [0.1, 0.15) is 61.1 Å². The van der Waals surface area contributed by atoms with Gasteiger partial charge in [-0.2, -0.15) is 5.10 Å². The van der Waals surface area contributed by atoms with Crippen molar-refractivity contribution in [2.45, 2.75) is 51.6 Å². The Balaban J connectivity index is 1.68. The van der Waals surface area contributed by atoms with Gasteiger partial charge in [-0.3, -0.25) is 9.48 Å². The number of hydrogen-bond acceptors (Lipinski definition) is 2. The summed E-state index contributed by atoms with van der Waals surface area (Å²) in [7, 11) is 0. The van der Waals surface area contributed by atoms with Crippen LogP contribution in [0.25, 0.3) is 0 Å². The molecule has 2 aromatic heterocycles. The molecule has 3 rings (SSSR count). The van der Waals surface area contributed by atoms with Crippen molar-refractivity contribution in [2.75, 3.05) is 0 Å². The fourth-order valence-corrected chi connectivity index (χ4v) is 2.93. The van der Waals surface area contributed by atoms with Gasteiger partial charge >= 0.3 is 0 Å². The van der Waals surface area contributed by atoms with E-state index in [9.17, 15) is 4.79 Å². The van der Waals surface area contributed by atoms with Crippen molar-refractivity contribution < 1.29 is 4.79 Å². The Hall–Kier alpha value is -1.84. The van der Waals surface area contributed by atoms with Crippen molar-refractivity contribution in [3.63, 3.8) is 0 Å². The predicted octanol–water partition coefficient (Wildman–Crippen LogP) is 3.44. The summed E-state index contributed by atoms with van der Waals surface area (Å²) in [5, 5.41) is 4.67. The second kappa shape index (κ2) is 5.65. The standard InChI is InChI=1S/C16H21N3O/c1-2-16(20)13-7-9-18(11-13)12-14-8-10-19(17-14)15-5-3-4-6-15/h7-11,15H,2-6,12H2,1H3. The Morgan fingerprint density at radius 2 is 2.10 bits per heavy atom. The predicted molar refractivity (Wildman–Crippen MR) is 77.9 cm³/mol. The van der Waals surface area contributed by atoms with Crippen LogP contribution in [-0.2, 0) is 6.54 Å². The zero-order valence-electron chi connectivity index (χ0n) is 12.0. The molecule has 1 aliphatic rings. The third kappa shape index (κ3) is 2.69. The molecular weight excluding hydrogens is 250 g/mol. The van der Waals surface area contributed by atoms with Crippen LogP contribution in [0.2, 0.25) is 0 Å². The van der Waals surface area contributed by atoms with E-state index in [0.29, 0.717) is 12.5 Å². The summed E-state index contributed by atoms with van der Waals surface area (Å²) < 4.78 is 4.15. The summed E-state index contributed by atoms with van der Waals surface area (Å²) in [5.41, 5.74) is 1.85. The van der Waals surface area contributed by atoms with Gasteiger partial charge in [0.2, 0.25) is 0 Å². The molecule has 0 aromatic carbocycles. The zero-order valence-corrected chi connectivity index (χ0v) is 12.0. The van der Waals surface area contributed by atoms with Crippen molar-refractivity contribution in [3.8, 4) is 0 Å². The quantitative estimate of drug-likeness (QED) is 0.781. The van der Waals surface area contributed by atoms with Gasteiger partial charge in [-0.25, -0.2) is 0 Å². The van der Waals surface area contributed by atoms with Crippen LogP contribution in [-0.4, -0.2) is 20.1 Å². The van der Waals surface area contributed by atoms with Crippen LogP contribution in [0, 0.1) is 0 Å². The highest BCUT2D eigenvalue weighted by molar-refractivity contribution is 5.95. The molecule has 0 spiro atoms. The lowest BCUT2D eigenvalue weighted by molar-refractivity contribution is 0.0988. The molecule has 0 N–H and O–H groups in total. The van der Waals surface area contributed by atoms with Crippen LogP contribution in [0.15, 0.2) is 30.7 Å². The molecule has 0 amide bonds. The number of carbonyl (C=O) groups excluding carboxylic acids is 1. The van der Waals surface area contributed by atoms with Crippen molar-refractivity contribution in [3.05, 3.63) is 42.0 Å². The van der Waals surface area contributed by atoms with E-state index < -0.39 is 0 Å². The average Bonchev–Trinajstić information content (AvgIpc) is 3.19. The van der Waals surface area contributed by atoms with Gasteiger partial charge in [-0.1, -0.05) is 19.8 Å². The molecule has 4 nitrogen and oxygen atoms in total. The highest BCUT2D eigenvalue weighted by Crippen LogP contribution is 2.28. The molecule has 1 fully saturated rings. The minimum Gasteiger partial charge on any atom is -0.348 e. The van der Waals surface area contributed by atoms with Gasteiger partial charge in [0.25, 0.3) is 0 Å². The first kappa shape index (κ1) is 13.2. The highest BCUT2D eigenvalue weighted by Gasteiger charge is 2.17. The SMILES string of the molecule is CCC(=O)c1ccn(Cc2ccn(C3CCCC3)n2)c1. The molecule has 4 heteroatoms. The smallest absolute Gasteiger partial charge is 0.164 e. The maximum atomic E-state index is 11.6. The van der Waals surface area contributed by atoms with E-state index in [1.54, 1.807) is 0 Å². The van der Waals surface area contributed by atoms with Gasteiger partial charge in [0.05, 0.1) is 18.3 Å². The van der Waals surface area contributed by atoms with Crippen LogP contribution in [0.3, 0.4) is 0 Å². The van der Waals surface area contributed by atoms with Gasteiger partial charge in [-0.05, 0) is 25.0 Å². The van der Waals surface area contributed by atoms with Crippen LogP contribution < -0.4 is 0 Å². The summed E-state index contributed by atoms with van der Waals surface area (Å²) >= 11 is 0.